The second-order valence-corrected chi connectivity index (χ2v) is 4.17. The Kier molecular flexibility index (Phi) is 5.27. The van der Waals surface area contributed by atoms with Gasteiger partial charge in [-0.25, -0.2) is 13.8 Å². The highest BCUT2D eigenvalue weighted by Gasteiger charge is 2.22. The molecule has 0 aliphatic heterocycles. The lowest BCUT2D eigenvalue weighted by atomic mass is 10.0. The highest BCUT2D eigenvalue weighted by Crippen LogP contribution is 2.31. The van der Waals surface area contributed by atoms with Crippen LogP contribution in [0.3, 0.4) is 0 Å². The fraction of sp³-hybridized carbons (Fsp3) is 0.400. The zero-order chi connectivity index (χ0) is 13.0. The smallest absolute Gasteiger partial charge is 0.310 e. The highest BCUT2D eigenvalue weighted by molar-refractivity contribution is 9.10. The zero-order valence-corrected chi connectivity index (χ0v) is 11.2. The van der Waals surface area contributed by atoms with Gasteiger partial charge in [-0.1, -0.05) is 0 Å². The van der Waals surface area contributed by atoms with Gasteiger partial charge in [-0.05, 0) is 21.5 Å². The second kappa shape index (κ2) is 6.26. The molecule has 0 aliphatic rings. The van der Waals surface area contributed by atoms with Crippen molar-refractivity contribution in [2.24, 2.45) is 0 Å². The van der Waals surface area contributed by atoms with Crippen molar-refractivity contribution >= 4 is 33.5 Å². The van der Waals surface area contributed by atoms with Crippen LogP contribution in [0.2, 0.25) is 0 Å². The van der Waals surface area contributed by atoms with Crippen LogP contribution in [0.5, 0.6) is 0 Å². The number of nitrogens with zero attached hydrogens (tertiary/aromatic N) is 1. The predicted octanol–water partition coefficient (Wildman–Crippen LogP) is 3.24. The number of halogens is 4. The average Bonchev–Trinajstić information content (AvgIpc) is 2.30. The molecule has 0 radical (unpaired) electrons. The van der Waals surface area contributed by atoms with Crippen molar-refractivity contribution in [3.05, 3.63) is 27.5 Å². The average molecular weight is 329 g/mol. The maximum atomic E-state index is 13.0. The number of hydrogen-bond donors (Lipinski definition) is 0. The molecule has 94 valence electrons. The number of aromatic nitrogens is 1. The molecule has 0 unspecified atom stereocenters. The van der Waals surface area contributed by atoms with E-state index in [0.717, 1.165) is 0 Å². The lowest BCUT2D eigenvalue weighted by molar-refractivity contribution is -0.139. The van der Waals surface area contributed by atoms with Gasteiger partial charge < -0.3 is 4.74 Å². The summed E-state index contributed by atoms with van der Waals surface area (Å²) in [4.78, 5) is 15.0. The molecule has 1 aromatic heterocycles. The van der Waals surface area contributed by atoms with Gasteiger partial charge in [0.05, 0.1) is 19.4 Å². The second-order valence-electron chi connectivity index (χ2n) is 3.15. The van der Waals surface area contributed by atoms with E-state index in [9.17, 15) is 13.6 Å². The molecule has 0 saturated heterocycles. The van der Waals surface area contributed by atoms with Gasteiger partial charge in [0.25, 0.3) is 6.43 Å². The summed E-state index contributed by atoms with van der Waals surface area (Å²) in [5.41, 5.74) is 0.0704. The number of carbonyl (C=O) groups is 1. The summed E-state index contributed by atoms with van der Waals surface area (Å²) in [6, 6.07) is 0. The maximum Gasteiger partial charge on any atom is 0.310 e. The molecule has 0 amide bonds. The van der Waals surface area contributed by atoms with Gasteiger partial charge in [0, 0.05) is 17.3 Å². The van der Waals surface area contributed by atoms with Crippen molar-refractivity contribution in [2.75, 3.05) is 7.11 Å². The van der Waals surface area contributed by atoms with Crippen molar-refractivity contribution in [2.45, 2.75) is 18.7 Å². The Balaban J connectivity index is 3.25. The predicted molar refractivity (Wildman–Crippen MR) is 62.2 cm³/mol. The standard InChI is InChI=1S/C10H9BrClF2NO2/c1-17-7(16)2-5-4-15-9(11)6(3-12)8(5)10(13)14/h4,10H,2-3H2,1H3. The molecule has 1 aromatic rings. The summed E-state index contributed by atoms with van der Waals surface area (Å²) in [5.74, 6) is -0.709. The van der Waals surface area contributed by atoms with Crippen LogP contribution >= 0.6 is 27.5 Å². The highest BCUT2D eigenvalue weighted by atomic mass is 79.9. The molecular weight excluding hydrogens is 319 g/mol. The van der Waals surface area contributed by atoms with Gasteiger partial charge in [-0.3, -0.25) is 4.79 Å². The van der Waals surface area contributed by atoms with E-state index < -0.39 is 12.4 Å². The molecule has 0 spiro atoms. The van der Waals surface area contributed by atoms with E-state index in [1.807, 2.05) is 0 Å². The van der Waals surface area contributed by atoms with E-state index in [1.54, 1.807) is 0 Å². The van der Waals surface area contributed by atoms with Crippen LogP contribution in [0.15, 0.2) is 10.8 Å². The summed E-state index contributed by atoms with van der Waals surface area (Å²) >= 11 is 8.65. The molecule has 0 atom stereocenters. The van der Waals surface area contributed by atoms with E-state index in [0.29, 0.717) is 0 Å². The summed E-state index contributed by atoms with van der Waals surface area (Å²) in [6.07, 6.45) is -1.75. The fourth-order valence-electron chi connectivity index (χ4n) is 1.35. The van der Waals surface area contributed by atoms with Crippen molar-refractivity contribution < 1.29 is 18.3 Å². The van der Waals surface area contributed by atoms with Crippen molar-refractivity contribution in [3.63, 3.8) is 0 Å². The van der Waals surface area contributed by atoms with Gasteiger partial charge >= 0.3 is 5.97 Å². The van der Waals surface area contributed by atoms with Gasteiger partial charge in [-0.15, -0.1) is 11.6 Å². The molecule has 0 aliphatic carbocycles. The molecular formula is C10H9BrClF2NO2. The number of methoxy groups -OCH3 is 1. The Bertz CT molecular complexity index is 429. The number of pyridine rings is 1. The van der Waals surface area contributed by atoms with Crippen molar-refractivity contribution in [1.82, 2.24) is 4.98 Å². The van der Waals surface area contributed by atoms with Crippen LogP contribution in [0, 0.1) is 0 Å². The van der Waals surface area contributed by atoms with Crippen LogP contribution in [0.4, 0.5) is 8.78 Å². The minimum atomic E-state index is -2.72. The van der Waals surface area contributed by atoms with Crippen LogP contribution < -0.4 is 0 Å². The van der Waals surface area contributed by atoms with Crippen molar-refractivity contribution in [1.29, 1.82) is 0 Å². The first kappa shape index (κ1) is 14.3. The largest absolute Gasteiger partial charge is 0.469 e. The lowest BCUT2D eigenvalue weighted by Gasteiger charge is -2.13. The first-order chi connectivity index (χ1) is 8.01. The quantitative estimate of drug-likeness (QED) is 0.484. The van der Waals surface area contributed by atoms with Gasteiger partial charge in [0.2, 0.25) is 0 Å². The third-order valence-corrected chi connectivity index (χ3v) is 3.12. The normalized spacial score (nSPS) is 10.7. The van der Waals surface area contributed by atoms with E-state index in [4.69, 9.17) is 11.6 Å². The van der Waals surface area contributed by atoms with E-state index >= 15 is 0 Å². The summed E-state index contributed by atoms with van der Waals surface area (Å²) < 4.78 is 30.6. The first-order valence-electron chi connectivity index (χ1n) is 4.58. The van der Waals surface area contributed by atoms with Gasteiger partial charge in [-0.2, -0.15) is 0 Å². The number of hydrogen-bond acceptors (Lipinski definition) is 3. The Hall–Kier alpha value is -0.750. The van der Waals surface area contributed by atoms with E-state index in [1.165, 1.54) is 13.3 Å². The fourth-order valence-corrected chi connectivity index (χ4v) is 2.24. The summed E-state index contributed by atoms with van der Waals surface area (Å²) in [5, 5.41) is 0. The van der Waals surface area contributed by atoms with Gasteiger partial charge in [0.15, 0.2) is 0 Å². The minimum Gasteiger partial charge on any atom is -0.469 e. The molecule has 0 fully saturated rings. The monoisotopic (exact) mass is 327 g/mol. The lowest BCUT2D eigenvalue weighted by Crippen LogP contribution is -2.10. The van der Waals surface area contributed by atoms with E-state index in [2.05, 4.69) is 25.7 Å². The Labute approximate surface area is 110 Å². The maximum absolute atomic E-state index is 13.0. The summed E-state index contributed by atoms with van der Waals surface area (Å²) in [7, 11) is 1.19. The molecule has 0 bridgehead atoms. The van der Waals surface area contributed by atoms with E-state index in [-0.39, 0.29) is 33.6 Å². The number of alkyl halides is 3. The van der Waals surface area contributed by atoms with Gasteiger partial charge in [0.1, 0.15) is 4.60 Å². The molecule has 0 aromatic carbocycles. The number of ether oxygens (including phenoxy) is 1. The van der Waals surface area contributed by atoms with Crippen LogP contribution in [-0.4, -0.2) is 18.1 Å². The molecule has 17 heavy (non-hydrogen) atoms. The molecule has 1 heterocycles. The Morgan fingerprint density at radius 3 is 2.76 bits per heavy atom. The third-order valence-electron chi connectivity index (χ3n) is 2.17. The number of rotatable bonds is 4. The summed E-state index contributed by atoms with van der Waals surface area (Å²) in [6.45, 7) is 0. The Morgan fingerprint density at radius 1 is 1.65 bits per heavy atom. The molecule has 3 nitrogen and oxygen atoms in total. The molecule has 1 rings (SSSR count). The van der Waals surface area contributed by atoms with Crippen LogP contribution in [-0.2, 0) is 21.8 Å². The minimum absolute atomic E-state index is 0.109. The van der Waals surface area contributed by atoms with Crippen molar-refractivity contribution in [3.8, 4) is 0 Å². The molecule has 0 saturated carbocycles. The number of carbonyl (C=O) groups excluding carboxylic acids is 1. The third kappa shape index (κ3) is 3.35. The topological polar surface area (TPSA) is 39.2 Å². The SMILES string of the molecule is COC(=O)Cc1cnc(Br)c(CCl)c1C(F)F. The number of esters is 1. The van der Waals surface area contributed by atoms with Crippen LogP contribution in [0.25, 0.3) is 0 Å². The molecule has 7 heteroatoms. The first-order valence-corrected chi connectivity index (χ1v) is 5.91. The zero-order valence-electron chi connectivity index (χ0n) is 8.84. The molecule has 0 N–H and O–H groups in total. The Morgan fingerprint density at radius 2 is 2.29 bits per heavy atom. The van der Waals surface area contributed by atoms with Crippen LogP contribution in [0.1, 0.15) is 23.1 Å².